The van der Waals surface area contributed by atoms with Crippen molar-refractivity contribution in [2.24, 2.45) is 5.73 Å². The van der Waals surface area contributed by atoms with Crippen LogP contribution < -0.4 is 10.6 Å². The van der Waals surface area contributed by atoms with Crippen LogP contribution in [0.25, 0.3) is 0 Å². The van der Waals surface area contributed by atoms with Gasteiger partial charge in [-0.3, -0.25) is 0 Å². The van der Waals surface area contributed by atoms with Crippen LogP contribution in [0, 0.1) is 0 Å². The first-order valence-electron chi connectivity index (χ1n) is 6.22. The van der Waals surface area contributed by atoms with Gasteiger partial charge >= 0.3 is 0 Å². The lowest BCUT2D eigenvalue weighted by molar-refractivity contribution is 0.279. The van der Waals surface area contributed by atoms with Crippen molar-refractivity contribution in [2.75, 3.05) is 18.1 Å². The molecule has 1 aliphatic heterocycles. The number of aliphatic hydroxyl groups is 1. The van der Waals surface area contributed by atoms with Crippen LogP contribution in [0.2, 0.25) is 0 Å². The van der Waals surface area contributed by atoms with Crippen molar-refractivity contribution < 1.29 is 5.11 Å². The van der Waals surface area contributed by atoms with E-state index in [4.69, 9.17) is 23.1 Å². The van der Waals surface area contributed by atoms with Gasteiger partial charge in [-0.15, -0.1) is 0 Å². The molecule has 18 heavy (non-hydrogen) atoms. The molecule has 6 heteroatoms. The second-order valence-electron chi connectivity index (χ2n) is 4.45. The predicted octanol–water partition coefficient (Wildman–Crippen LogP) is 0.852. The molecule has 0 amide bonds. The molecular weight excluding hydrogens is 248 g/mol. The second-order valence-corrected chi connectivity index (χ2v) is 4.89. The Balaban J connectivity index is 2.21. The average Bonchev–Trinajstić information content (AvgIpc) is 2.84. The van der Waals surface area contributed by atoms with Crippen LogP contribution >= 0.6 is 12.2 Å². The highest BCUT2D eigenvalue weighted by molar-refractivity contribution is 7.80. The van der Waals surface area contributed by atoms with Crippen molar-refractivity contribution in [3.63, 3.8) is 0 Å². The maximum absolute atomic E-state index is 8.94. The Morgan fingerprint density at radius 2 is 2.28 bits per heavy atom. The van der Waals surface area contributed by atoms with Gasteiger partial charge in [0.2, 0.25) is 0 Å². The van der Waals surface area contributed by atoms with Crippen LogP contribution in [-0.2, 0) is 0 Å². The quantitative estimate of drug-likeness (QED) is 0.770. The summed E-state index contributed by atoms with van der Waals surface area (Å²) in [6.07, 6.45) is 7.29. The smallest absolute Gasteiger partial charge is 0.157 e. The van der Waals surface area contributed by atoms with Crippen molar-refractivity contribution in [1.29, 1.82) is 0 Å². The van der Waals surface area contributed by atoms with Gasteiger partial charge in [0.05, 0.1) is 0 Å². The molecule has 2 heterocycles. The zero-order valence-electron chi connectivity index (χ0n) is 10.2. The first-order chi connectivity index (χ1) is 8.74. The fraction of sp³-hybridized carbons (Fsp3) is 0.583. The third kappa shape index (κ3) is 2.76. The molecule has 0 aromatic carbocycles. The highest BCUT2D eigenvalue weighted by atomic mass is 32.1. The summed E-state index contributed by atoms with van der Waals surface area (Å²) in [5, 5.41) is 8.94. The van der Waals surface area contributed by atoms with E-state index in [1.165, 1.54) is 0 Å². The number of nitrogens with zero attached hydrogens (tertiary/aromatic N) is 3. The highest BCUT2D eigenvalue weighted by Crippen LogP contribution is 2.28. The Bertz CT molecular complexity index is 426. The molecule has 1 fully saturated rings. The summed E-state index contributed by atoms with van der Waals surface area (Å²) in [6, 6.07) is 0.405. The lowest BCUT2D eigenvalue weighted by Crippen LogP contribution is -2.32. The van der Waals surface area contributed by atoms with Crippen molar-refractivity contribution in [1.82, 2.24) is 9.97 Å². The van der Waals surface area contributed by atoms with Gasteiger partial charge in [-0.05, 0) is 25.7 Å². The third-order valence-electron chi connectivity index (χ3n) is 3.26. The van der Waals surface area contributed by atoms with Crippen LogP contribution in [0.15, 0.2) is 12.4 Å². The molecule has 98 valence electrons. The zero-order valence-corrected chi connectivity index (χ0v) is 11.1. The van der Waals surface area contributed by atoms with Crippen molar-refractivity contribution >= 4 is 23.0 Å². The van der Waals surface area contributed by atoms with E-state index in [1.54, 1.807) is 12.4 Å². The number of nitrogens with two attached hydrogens (primary N) is 1. The van der Waals surface area contributed by atoms with Gasteiger partial charge < -0.3 is 15.7 Å². The van der Waals surface area contributed by atoms with Gasteiger partial charge in [0.1, 0.15) is 10.7 Å². The molecule has 0 aliphatic carbocycles. The van der Waals surface area contributed by atoms with E-state index in [1.807, 2.05) is 0 Å². The molecule has 1 saturated heterocycles. The molecule has 1 atom stereocenters. The summed E-state index contributed by atoms with van der Waals surface area (Å²) in [5.74, 6) is 0.783. The van der Waals surface area contributed by atoms with E-state index in [-0.39, 0.29) is 11.6 Å². The molecule has 1 aliphatic rings. The molecule has 2 rings (SSSR count). The van der Waals surface area contributed by atoms with Crippen LogP contribution in [-0.4, -0.2) is 39.3 Å². The Hall–Kier alpha value is -1.27. The molecule has 0 bridgehead atoms. The molecule has 3 N–H and O–H groups in total. The Morgan fingerprint density at radius 1 is 1.50 bits per heavy atom. The maximum Gasteiger partial charge on any atom is 0.157 e. The lowest BCUT2D eigenvalue weighted by atomic mass is 10.1. The SMILES string of the molecule is NC(=S)c1nccnc1N1CCCC1CCCO. The van der Waals surface area contributed by atoms with Crippen LogP contribution in [0.1, 0.15) is 31.4 Å². The minimum atomic E-state index is 0.229. The number of aromatic nitrogens is 2. The number of thiocarbonyl (C=S) groups is 1. The molecule has 0 saturated carbocycles. The molecule has 1 aromatic rings. The summed E-state index contributed by atoms with van der Waals surface area (Å²) in [6.45, 7) is 1.18. The molecule has 0 radical (unpaired) electrons. The van der Waals surface area contributed by atoms with Crippen LogP contribution in [0.5, 0.6) is 0 Å². The minimum Gasteiger partial charge on any atom is -0.396 e. The molecule has 1 aromatic heterocycles. The standard InChI is InChI=1S/C12H18N4OS/c13-11(18)10-12(15-6-5-14-10)16-7-1-3-9(16)4-2-8-17/h5-6,9,17H,1-4,7-8H2,(H2,13,18). The first-order valence-corrected chi connectivity index (χ1v) is 6.63. The van der Waals surface area contributed by atoms with E-state index in [0.717, 1.165) is 38.0 Å². The van der Waals surface area contributed by atoms with Gasteiger partial charge in [0.25, 0.3) is 0 Å². The Morgan fingerprint density at radius 3 is 3.00 bits per heavy atom. The molecular formula is C12H18N4OS. The number of hydrogen-bond donors (Lipinski definition) is 2. The summed E-state index contributed by atoms with van der Waals surface area (Å²) in [5.41, 5.74) is 6.29. The van der Waals surface area contributed by atoms with Crippen LogP contribution in [0.4, 0.5) is 5.82 Å². The van der Waals surface area contributed by atoms with Crippen LogP contribution in [0.3, 0.4) is 0 Å². The van der Waals surface area contributed by atoms with Gasteiger partial charge in [-0.25, -0.2) is 9.97 Å². The largest absolute Gasteiger partial charge is 0.396 e. The lowest BCUT2D eigenvalue weighted by Gasteiger charge is -2.26. The van der Waals surface area contributed by atoms with E-state index in [2.05, 4.69) is 14.9 Å². The fourth-order valence-electron chi connectivity index (χ4n) is 2.46. The number of hydrogen-bond acceptors (Lipinski definition) is 5. The maximum atomic E-state index is 8.94. The van der Waals surface area contributed by atoms with Crippen molar-refractivity contribution in [2.45, 2.75) is 31.7 Å². The third-order valence-corrected chi connectivity index (χ3v) is 3.45. The van der Waals surface area contributed by atoms with Gasteiger partial charge in [0, 0.05) is 31.6 Å². The minimum absolute atomic E-state index is 0.229. The zero-order chi connectivity index (χ0) is 13.0. The number of aliphatic hydroxyl groups excluding tert-OH is 1. The number of anilines is 1. The topological polar surface area (TPSA) is 75.3 Å². The Labute approximate surface area is 112 Å². The summed E-state index contributed by atoms with van der Waals surface area (Å²) in [7, 11) is 0. The first kappa shape index (κ1) is 13.2. The summed E-state index contributed by atoms with van der Waals surface area (Å²) >= 11 is 5.02. The summed E-state index contributed by atoms with van der Waals surface area (Å²) < 4.78 is 0. The molecule has 1 unspecified atom stereocenters. The van der Waals surface area contributed by atoms with Crippen molar-refractivity contribution in [3.8, 4) is 0 Å². The average molecular weight is 266 g/mol. The molecule has 0 spiro atoms. The van der Waals surface area contributed by atoms with E-state index in [0.29, 0.717) is 11.7 Å². The van der Waals surface area contributed by atoms with E-state index in [9.17, 15) is 0 Å². The Kier molecular flexibility index (Phi) is 4.43. The highest BCUT2D eigenvalue weighted by Gasteiger charge is 2.27. The summed E-state index contributed by atoms with van der Waals surface area (Å²) in [4.78, 5) is 11.1. The monoisotopic (exact) mass is 266 g/mol. The van der Waals surface area contributed by atoms with E-state index >= 15 is 0 Å². The fourth-order valence-corrected chi connectivity index (χ4v) is 2.60. The normalized spacial score (nSPS) is 19.2. The van der Waals surface area contributed by atoms with E-state index < -0.39 is 0 Å². The van der Waals surface area contributed by atoms with Gasteiger partial charge in [0.15, 0.2) is 5.82 Å². The van der Waals surface area contributed by atoms with Crippen molar-refractivity contribution in [3.05, 3.63) is 18.1 Å². The number of rotatable bonds is 5. The van der Waals surface area contributed by atoms with Gasteiger partial charge in [-0.1, -0.05) is 12.2 Å². The second kappa shape index (κ2) is 6.06. The molecule has 5 nitrogen and oxygen atoms in total. The van der Waals surface area contributed by atoms with Gasteiger partial charge in [-0.2, -0.15) is 0 Å². The predicted molar refractivity (Wildman–Crippen MR) is 74.6 cm³/mol.